The number of carboxylic acids is 1. The lowest BCUT2D eigenvalue weighted by molar-refractivity contribution is 0.0242. The summed E-state index contributed by atoms with van der Waals surface area (Å²) in [7, 11) is 0. The molecule has 1 N–H and O–H groups in total. The Balaban J connectivity index is 1.73. The summed E-state index contributed by atoms with van der Waals surface area (Å²) in [6.45, 7) is 8.22. The summed E-state index contributed by atoms with van der Waals surface area (Å²) in [4.78, 5) is 28.4. The Hall–Kier alpha value is -2.24. The summed E-state index contributed by atoms with van der Waals surface area (Å²) in [6.07, 6.45) is 2.94. The summed E-state index contributed by atoms with van der Waals surface area (Å²) >= 11 is 0. The third-order valence-electron chi connectivity index (χ3n) is 5.80. The molecule has 140 valence electrons. The minimum atomic E-state index is -0.857. The molecule has 6 heteroatoms. The van der Waals surface area contributed by atoms with Crippen LogP contribution in [0.25, 0.3) is 0 Å². The van der Waals surface area contributed by atoms with Crippen molar-refractivity contribution in [1.29, 1.82) is 0 Å². The fourth-order valence-electron chi connectivity index (χ4n) is 4.57. The molecule has 0 unspecified atom stereocenters. The van der Waals surface area contributed by atoms with E-state index in [1.807, 2.05) is 26.8 Å². The van der Waals surface area contributed by atoms with Gasteiger partial charge in [0.1, 0.15) is 5.60 Å². The molecule has 0 bridgehead atoms. The Morgan fingerprint density at radius 1 is 1.19 bits per heavy atom. The Bertz CT molecular complexity index is 777. The molecule has 1 amide bonds. The van der Waals surface area contributed by atoms with Gasteiger partial charge in [0.15, 0.2) is 0 Å². The van der Waals surface area contributed by atoms with Gasteiger partial charge < -0.3 is 19.6 Å². The minimum absolute atomic E-state index is 0.00679. The fraction of sp³-hybridized carbons (Fsp3) is 0.600. The van der Waals surface area contributed by atoms with E-state index in [1.54, 1.807) is 11.0 Å². The monoisotopic (exact) mass is 358 g/mol. The first-order valence-electron chi connectivity index (χ1n) is 9.33. The van der Waals surface area contributed by atoms with E-state index in [4.69, 9.17) is 4.74 Å². The van der Waals surface area contributed by atoms with E-state index in [0.717, 1.165) is 42.6 Å². The zero-order chi connectivity index (χ0) is 18.7. The van der Waals surface area contributed by atoms with Gasteiger partial charge in [-0.15, -0.1) is 0 Å². The van der Waals surface area contributed by atoms with Crippen LogP contribution in [0.15, 0.2) is 12.1 Å². The quantitative estimate of drug-likeness (QED) is 0.833. The number of nitrogens with zero attached hydrogens (tertiary/aromatic N) is 2. The van der Waals surface area contributed by atoms with Gasteiger partial charge in [-0.05, 0) is 50.8 Å². The Kier molecular flexibility index (Phi) is 3.72. The summed E-state index contributed by atoms with van der Waals surface area (Å²) in [5.74, 6) is -0.857. The Morgan fingerprint density at radius 2 is 1.92 bits per heavy atom. The Morgan fingerprint density at radius 3 is 2.50 bits per heavy atom. The number of carbonyl (C=O) groups excluding carboxylic acids is 1. The average Bonchev–Trinajstić information content (AvgIpc) is 2.74. The fourth-order valence-corrected chi connectivity index (χ4v) is 4.57. The van der Waals surface area contributed by atoms with Crippen LogP contribution in [-0.4, -0.2) is 47.3 Å². The first-order chi connectivity index (χ1) is 12.2. The highest BCUT2D eigenvalue weighted by Gasteiger charge is 2.50. The number of fused-ring (bicyclic) bond motifs is 1. The zero-order valence-corrected chi connectivity index (χ0v) is 15.7. The minimum Gasteiger partial charge on any atom is -0.478 e. The molecular weight excluding hydrogens is 332 g/mol. The van der Waals surface area contributed by atoms with E-state index in [0.29, 0.717) is 25.2 Å². The molecule has 2 heterocycles. The lowest BCUT2D eigenvalue weighted by Gasteiger charge is -2.40. The summed E-state index contributed by atoms with van der Waals surface area (Å²) in [5, 5.41) is 9.70. The number of carboxylic acid groups (broad SMARTS) is 1. The summed E-state index contributed by atoms with van der Waals surface area (Å²) in [5.41, 5.74) is 2.97. The highest BCUT2D eigenvalue weighted by Crippen LogP contribution is 2.55. The number of carbonyl (C=O) groups is 2. The van der Waals surface area contributed by atoms with E-state index < -0.39 is 11.6 Å². The number of hydrogen-bond acceptors (Lipinski definition) is 4. The van der Waals surface area contributed by atoms with Crippen molar-refractivity contribution < 1.29 is 19.4 Å². The van der Waals surface area contributed by atoms with Crippen molar-refractivity contribution in [3.63, 3.8) is 0 Å². The van der Waals surface area contributed by atoms with Crippen LogP contribution in [-0.2, 0) is 16.7 Å². The van der Waals surface area contributed by atoms with E-state index in [9.17, 15) is 14.7 Å². The molecule has 3 aliphatic rings. The summed E-state index contributed by atoms with van der Waals surface area (Å²) in [6, 6.07) is 3.59. The number of ether oxygens (including phenoxy) is 1. The van der Waals surface area contributed by atoms with E-state index in [-0.39, 0.29) is 11.5 Å². The largest absolute Gasteiger partial charge is 0.478 e. The molecule has 2 aliphatic heterocycles. The maximum absolute atomic E-state index is 12.5. The number of hydrogen-bond donors (Lipinski definition) is 1. The highest BCUT2D eigenvalue weighted by atomic mass is 16.6. The molecule has 6 nitrogen and oxygen atoms in total. The van der Waals surface area contributed by atoms with Crippen molar-refractivity contribution in [2.24, 2.45) is 0 Å². The highest BCUT2D eigenvalue weighted by molar-refractivity contribution is 5.94. The van der Waals surface area contributed by atoms with Gasteiger partial charge in [0, 0.05) is 30.7 Å². The van der Waals surface area contributed by atoms with Crippen molar-refractivity contribution in [1.82, 2.24) is 4.90 Å². The number of anilines is 1. The molecule has 0 saturated heterocycles. The second kappa shape index (κ2) is 5.63. The molecular formula is C20H26N2O4. The predicted octanol–water partition coefficient (Wildman–Crippen LogP) is 3.38. The number of benzene rings is 1. The standard InChI is InChI=1S/C20H26N2O4/c1-19(2,3)26-18(25)21-9-10-22-12-20(7-4-8-20)15-14(17(23)24)6-5-13(11-21)16(15)22/h5-6H,4,7-12H2,1-3H3,(H,23,24). The summed E-state index contributed by atoms with van der Waals surface area (Å²) < 4.78 is 5.54. The first-order valence-corrected chi connectivity index (χ1v) is 9.33. The molecule has 0 radical (unpaired) electrons. The van der Waals surface area contributed by atoms with Gasteiger partial charge in [-0.25, -0.2) is 9.59 Å². The molecule has 4 rings (SSSR count). The Labute approximate surface area is 153 Å². The van der Waals surface area contributed by atoms with Gasteiger partial charge in [0.25, 0.3) is 0 Å². The van der Waals surface area contributed by atoms with E-state index in [2.05, 4.69) is 4.90 Å². The SMILES string of the molecule is CC(C)(C)OC(=O)N1CCN2CC3(CCC3)c3c(C(=O)O)ccc(c32)C1. The maximum Gasteiger partial charge on any atom is 0.410 e. The lowest BCUT2D eigenvalue weighted by Crippen LogP contribution is -2.43. The van der Waals surface area contributed by atoms with Gasteiger partial charge in [0.2, 0.25) is 0 Å². The van der Waals surface area contributed by atoms with Crippen LogP contribution >= 0.6 is 0 Å². The smallest absolute Gasteiger partial charge is 0.410 e. The van der Waals surface area contributed by atoms with Crippen molar-refractivity contribution in [3.05, 3.63) is 28.8 Å². The van der Waals surface area contributed by atoms with Crippen molar-refractivity contribution in [3.8, 4) is 0 Å². The van der Waals surface area contributed by atoms with Crippen LogP contribution in [0.4, 0.5) is 10.5 Å². The number of aromatic carboxylic acids is 1. The van der Waals surface area contributed by atoms with Gasteiger partial charge in [-0.3, -0.25) is 0 Å². The topological polar surface area (TPSA) is 70.1 Å². The normalized spacial score (nSPS) is 20.4. The number of amides is 1. The molecule has 1 spiro atoms. The van der Waals surface area contributed by atoms with E-state index >= 15 is 0 Å². The third kappa shape index (κ3) is 2.63. The average molecular weight is 358 g/mol. The van der Waals surface area contributed by atoms with Gasteiger partial charge in [0.05, 0.1) is 12.1 Å². The second-order valence-corrected chi connectivity index (χ2v) is 8.76. The van der Waals surface area contributed by atoms with Gasteiger partial charge in [-0.1, -0.05) is 12.5 Å². The van der Waals surface area contributed by atoms with Crippen molar-refractivity contribution >= 4 is 17.7 Å². The predicted molar refractivity (Wildman–Crippen MR) is 97.8 cm³/mol. The van der Waals surface area contributed by atoms with E-state index in [1.165, 1.54) is 0 Å². The molecule has 1 fully saturated rings. The van der Waals surface area contributed by atoms with Crippen LogP contribution in [0.3, 0.4) is 0 Å². The third-order valence-corrected chi connectivity index (χ3v) is 5.80. The first kappa shape index (κ1) is 17.2. The molecule has 1 aliphatic carbocycles. The molecule has 1 saturated carbocycles. The van der Waals surface area contributed by atoms with Crippen LogP contribution in [0.5, 0.6) is 0 Å². The van der Waals surface area contributed by atoms with Crippen molar-refractivity contribution in [2.75, 3.05) is 24.5 Å². The lowest BCUT2D eigenvalue weighted by atomic mass is 9.64. The van der Waals surface area contributed by atoms with Crippen LogP contribution in [0.2, 0.25) is 0 Å². The maximum atomic E-state index is 12.5. The molecule has 1 aromatic rings. The van der Waals surface area contributed by atoms with Crippen LogP contribution < -0.4 is 4.90 Å². The zero-order valence-electron chi connectivity index (χ0n) is 15.7. The molecule has 0 aromatic heterocycles. The molecule has 1 aromatic carbocycles. The molecule has 0 atom stereocenters. The van der Waals surface area contributed by atoms with Crippen LogP contribution in [0, 0.1) is 0 Å². The number of rotatable bonds is 1. The van der Waals surface area contributed by atoms with Gasteiger partial charge >= 0.3 is 12.1 Å². The molecule has 26 heavy (non-hydrogen) atoms. The van der Waals surface area contributed by atoms with Gasteiger partial charge in [-0.2, -0.15) is 0 Å². The van der Waals surface area contributed by atoms with Crippen molar-refractivity contribution in [2.45, 2.75) is 57.6 Å². The second-order valence-electron chi connectivity index (χ2n) is 8.76. The van der Waals surface area contributed by atoms with Crippen LogP contribution in [0.1, 0.15) is 61.5 Å².